The van der Waals surface area contributed by atoms with Gasteiger partial charge in [-0.3, -0.25) is 0 Å². The van der Waals surface area contributed by atoms with Crippen LogP contribution in [0, 0.1) is 0 Å². The Labute approximate surface area is 182 Å². The van der Waals surface area contributed by atoms with Crippen molar-refractivity contribution >= 4 is 0 Å². The van der Waals surface area contributed by atoms with Gasteiger partial charge in [-0.1, -0.05) is 84.9 Å². The third kappa shape index (κ3) is 2.56. The van der Waals surface area contributed by atoms with Gasteiger partial charge in [-0.25, -0.2) is 4.98 Å². The first-order chi connectivity index (χ1) is 15.3. The van der Waals surface area contributed by atoms with Crippen molar-refractivity contribution in [3.05, 3.63) is 126 Å². The zero-order valence-electron chi connectivity index (χ0n) is 17.4. The van der Waals surface area contributed by atoms with Crippen LogP contribution >= 0.6 is 0 Å². The Morgan fingerprint density at radius 1 is 0.677 bits per heavy atom. The van der Waals surface area contributed by atoms with E-state index in [1.54, 1.807) is 0 Å². The Morgan fingerprint density at radius 3 is 1.97 bits per heavy atom. The summed E-state index contributed by atoms with van der Waals surface area (Å²) in [6.07, 6.45) is 4.35. The van der Waals surface area contributed by atoms with E-state index in [4.69, 9.17) is 4.98 Å². The van der Waals surface area contributed by atoms with Gasteiger partial charge in [0.2, 0.25) is 0 Å². The Morgan fingerprint density at radius 2 is 1.32 bits per heavy atom. The summed E-state index contributed by atoms with van der Waals surface area (Å²) >= 11 is 0. The van der Waals surface area contributed by atoms with Crippen molar-refractivity contribution in [2.24, 2.45) is 0 Å². The molecule has 0 bridgehead atoms. The van der Waals surface area contributed by atoms with Gasteiger partial charge in [0.05, 0.1) is 18.1 Å². The summed E-state index contributed by atoms with van der Waals surface area (Å²) in [5, 5.41) is 0. The van der Waals surface area contributed by atoms with Gasteiger partial charge in [0.15, 0.2) is 0 Å². The monoisotopic (exact) mass is 401 g/mol. The number of pyridine rings is 1. The van der Waals surface area contributed by atoms with E-state index in [1.807, 2.05) is 6.07 Å². The molecule has 3 nitrogen and oxygen atoms in total. The average Bonchev–Trinajstić information content (AvgIpc) is 3.40. The predicted molar refractivity (Wildman–Crippen MR) is 125 cm³/mol. The molecule has 2 aliphatic rings. The van der Waals surface area contributed by atoms with Crippen LogP contribution in [0.4, 0.5) is 0 Å². The molecule has 6 rings (SSSR count). The van der Waals surface area contributed by atoms with Gasteiger partial charge >= 0.3 is 0 Å². The van der Waals surface area contributed by atoms with E-state index in [9.17, 15) is 0 Å². The Balaban J connectivity index is 1.67. The highest BCUT2D eigenvalue weighted by atomic mass is 15.4. The highest BCUT2D eigenvalue weighted by Gasteiger charge is 2.50. The normalized spacial score (nSPS) is 15.8. The lowest BCUT2D eigenvalue weighted by Gasteiger charge is -2.41. The Hall–Kier alpha value is -3.85. The largest absolute Gasteiger partial charge is 0.362 e. The van der Waals surface area contributed by atoms with Crippen LogP contribution in [0.15, 0.2) is 109 Å². The molecule has 0 unspecified atom stereocenters. The zero-order valence-corrected chi connectivity index (χ0v) is 17.4. The van der Waals surface area contributed by atoms with Crippen LogP contribution in [0.2, 0.25) is 0 Å². The first-order valence-corrected chi connectivity index (χ1v) is 10.7. The first kappa shape index (κ1) is 18.0. The molecule has 1 aliphatic carbocycles. The lowest BCUT2D eigenvalue weighted by molar-refractivity contribution is 0.194. The van der Waals surface area contributed by atoms with Gasteiger partial charge in [-0.2, -0.15) is 0 Å². The molecule has 4 aromatic rings. The van der Waals surface area contributed by atoms with Crippen molar-refractivity contribution in [1.82, 2.24) is 14.8 Å². The summed E-state index contributed by atoms with van der Waals surface area (Å²) in [5.41, 5.74) is 7.85. The summed E-state index contributed by atoms with van der Waals surface area (Å²) in [7, 11) is 2.12. The fourth-order valence-electron chi connectivity index (χ4n) is 5.10. The molecular formula is C28H23N3. The van der Waals surface area contributed by atoms with Crippen LogP contribution in [0.5, 0.6) is 0 Å². The third-order valence-corrected chi connectivity index (χ3v) is 6.42. The van der Waals surface area contributed by atoms with E-state index >= 15 is 0 Å². The number of rotatable bonds is 3. The van der Waals surface area contributed by atoms with Crippen molar-refractivity contribution in [1.29, 1.82) is 0 Å². The molecule has 2 heterocycles. The second kappa shape index (κ2) is 6.85. The third-order valence-electron chi connectivity index (χ3n) is 6.42. The summed E-state index contributed by atoms with van der Waals surface area (Å²) in [6, 6.07) is 34.4. The zero-order chi connectivity index (χ0) is 20.8. The van der Waals surface area contributed by atoms with E-state index in [0.29, 0.717) is 0 Å². The molecule has 0 atom stereocenters. The van der Waals surface area contributed by atoms with Crippen LogP contribution in [-0.2, 0) is 5.54 Å². The minimum atomic E-state index is -0.473. The molecule has 1 aliphatic heterocycles. The lowest BCUT2D eigenvalue weighted by atomic mass is 9.82. The average molecular weight is 402 g/mol. The number of nitrogens with zero attached hydrogens (tertiary/aromatic N) is 3. The molecule has 0 fully saturated rings. The SMILES string of the molecule is CN1C=CN(C2(c3cccc(-c4ccccc4)n3)c3ccccc3-c3ccccc32)C1. The number of hydrogen-bond donors (Lipinski definition) is 0. The lowest BCUT2D eigenvalue weighted by Crippen LogP contribution is -2.45. The number of aromatic nitrogens is 1. The molecule has 0 saturated heterocycles. The van der Waals surface area contributed by atoms with Crippen LogP contribution in [0.3, 0.4) is 0 Å². The molecule has 0 radical (unpaired) electrons. The second-order valence-corrected chi connectivity index (χ2v) is 8.24. The van der Waals surface area contributed by atoms with E-state index < -0.39 is 5.54 Å². The fraction of sp³-hybridized carbons (Fsp3) is 0.107. The highest BCUT2D eigenvalue weighted by molar-refractivity contribution is 5.83. The van der Waals surface area contributed by atoms with E-state index in [2.05, 4.69) is 120 Å². The van der Waals surface area contributed by atoms with E-state index in [0.717, 1.165) is 23.6 Å². The summed E-state index contributed by atoms with van der Waals surface area (Å²) < 4.78 is 0. The molecule has 0 spiro atoms. The second-order valence-electron chi connectivity index (χ2n) is 8.24. The molecule has 31 heavy (non-hydrogen) atoms. The minimum Gasteiger partial charge on any atom is -0.362 e. The highest BCUT2D eigenvalue weighted by Crippen LogP contribution is 2.54. The van der Waals surface area contributed by atoms with Gasteiger partial charge in [0.1, 0.15) is 5.54 Å². The Kier molecular flexibility index (Phi) is 3.97. The molecule has 0 saturated carbocycles. The van der Waals surface area contributed by atoms with Crippen LogP contribution < -0.4 is 0 Å². The van der Waals surface area contributed by atoms with Gasteiger partial charge in [0, 0.05) is 25.0 Å². The number of fused-ring (bicyclic) bond motifs is 3. The quantitative estimate of drug-likeness (QED) is 0.439. The Bertz CT molecular complexity index is 1250. The van der Waals surface area contributed by atoms with Crippen molar-refractivity contribution in [3.63, 3.8) is 0 Å². The summed E-state index contributed by atoms with van der Waals surface area (Å²) in [4.78, 5) is 9.91. The molecule has 3 aromatic carbocycles. The number of benzene rings is 3. The van der Waals surface area contributed by atoms with Gasteiger partial charge in [-0.05, 0) is 34.4 Å². The maximum absolute atomic E-state index is 5.27. The smallest absolute Gasteiger partial charge is 0.136 e. The standard InChI is InChI=1S/C28H23N3/c1-30-18-19-31(20-30)28(27-17-9-16-26(29-27)21-10-3-2-4-11-21)24-14-7-5-12-22(24)23-13-6-8-15-25(23)28/h2-19H,20H2,1H3. The predicted octanol–water partition coefficient (Wildman–Crippen LogP) is 5.70. The van der Waals surface area contributed by atoms with Crippen molar-refractivity contribution in [3.8, 4) is 22.4 Å². The van der Waals surface area contributed by atoms with Gasteiger partial charge in [-0.15, -0.1) is 0 Å². The van der Waals surface area contributed by atoms with Crippen LogP contribution in [0.25, 0.3) is 22.4 Å². The molecule has 3 heteroatoms. The first-order valence-electron chi connectivity index (χ1n) is 10.7. The van der Waals surface area contributed by atoms with Gasteiger partial charge in [0.25, 0.3) is 0 Å². The van der Waals surface area contributed by atoms with Crippen molar-refractivity contribution in [2.75, 3.05) is 13.7 Å². The van der Waals surface area contributed by atoms with E-state index in [1.165, 1.54) is 22.3 Å². The fourth-order valence-corrected chi connectivity index (χ4v) is 5.10. The van der Waals surface area contributed by atoms with Crippen molar-refractivity contribution in [2.45, 2.75) is 5.54 Å². The van der Waals surface area contributed by atoms with Crippen LogP contribution in [-0.4, -0.2) is 28.5 Å². The molecular weight excluding hydrogens is 378 g/mol. The molecule has 0 N–H and O–H groups in total. The van der Waals surface area contributed by atoms with Crippen molar-refractivity contribution < 1.29 is 0 Å². The molecule has 1 aromatic heterocycles. The molecule has 150 valence electrons. The number of hydrogen-bond acceptors (Lipinski definition) is 3. The summed E-state index contributed by atoms with van der Waals surface area (Å²) in [6.45, 7) is 0.805. The van der Waals surface area contributed by atoms with Gasteiger partial charge < -0.3 is 9.80 Å². The molecule has 0 amide bonds. The maximum Gasteiger partial charge on any atom is 0.136 e. The maximum atomic E-state index is 5.27. The minimum absolute atomic E-state index is 0.473. The van der Waals surface area contributed by atoms with E-state index in [-0.39, 0.29) is 0 Å². The topological polar surface area (TPSA) is 19.4 Å². The summed E-state index contributed by atoms with van der Waals surface area (Å²) in [5.74, 6) is 0. The van der Waals surface area contributed by atoms with Crippen LogP contribution in [0.1, 0.15) is 16.8 Å².